The highest BCUT2D eigenvalue weighted by atomic mass is 32.1. The van der Waals surface area contributed by atoms with E-state index in [4.69, 9.17) is 0 Å². The first kappa shape index (κ1) is 13.1. The molecular formula is C14H23NOS. The van der Waals surface area contributed by atoms with Crippen LogP contribution in [0.2, 0.25) is 0 Å². The Balaban J connectivity index is 2.10. The largest absolute Gasteiger partial charge is 0.389 e. The van der Waals surface area contributed by atoms with Crippen molar-refractivity contribution in [2.45, 2.75) is 51.7 Å². The molecule has 96 valence electrons. The van der Waals surface area contributed by atoms with Crippen LogP contribution in [-0.2, 0) is 6.42 Å². The quantitative estimate of drug-likeness (QED) is 0.890. The first-order chi connectivity index (χ1) is 8.09. The molecule has 1 aromatic heterocycles. The molecule has 1 aromatic rings. The molecule has 0 aliphatic carbocycles. The summed E-state index contributed by atoms with van der Waals surface area (Å²) in [6, 6.07) is 2.70. The van der Waals surface area contributed by atoms with Gasteiger partial charge in [-0.3, -0.25) is 4.90 Å². The molecule has 2 heterocycles. The van der Waals surface area contributed by atoms with Gasteiger partial charge in [0.2, 0.25) is 0 Å². The van der Waals surface area contributed by atoms with E-state index in [0.717, 1.165) is 32.4 Å². The lowest BCUT2D eigenvalue weighted by Gasteiger charge is -2.39. The van der Waals surface area contributed by atoms with E-state index in [-0.39, 0.29) is 0 Å². The number of β-amino-alcohol motifs (C(OH)–C–C–N with tert-alkyl or cyclic N) is 1. The number of fused-ring (bicyclic) bond motifs is 1. The maximum absolute atomic E-state index is 10.5. The molecule has 1 atom stereocenters. The Kier molecular flexibility index (Phi) is 3.91. The van der Waals surface area contributed by atoms with Crippen LogP contribution in [0.3, 0.4) is 0 Å². The van der Waals surface area contributed by atoms with Crippen molar-refractivity contribution in [1.29, 1.82) is 0 Å². The molecule has 0 amide bonds. The van der Waals surface area contributed by atoms with Crippen molar-refractivity contribution in [3.05, 3.63) is 21.9 Å². The van der Waals surface area contributed by atoms with Crippen molar-refractivity contribution in [2.24, 2.45) is 0 Å². The van der Waals surface area contributed by atoms with Crippen LogP contribution in [0.25, 0.3) is 0 Å². The monoisotopic (exact) mass is 253 g/mol. The summed E-state index contributed by atoms with van der Waals surface area (Å²) in [7, 11) is 0. The number of thiophene rings is 1. The second-order valence-electron chi connectivity index (χ2n) is 5.13. The normalized spacial score (nSPS) is 21.5. The predicted octanol–water partition coefficient (Wildman–Crippen LogP) is 3.22. The molecule has 0 spiro atoms. The Hall–Kier alpha value is -0.380. The summed E-state index contributed by atoms with van der Waals surface area (Å²) in [5.41, 5.74) is 0.956. The smallest absolute Gasteiger partial charge is 0.0769 e. The van der Waals surface area contributed by atoms with E-state index in [0.29, 0.717) is 6.04 Å². The minimum absolute atomic E-state index is 0.453. The summed E-state index contributed by atoms with van der Waals surface area (Å²) < 4.78 is 0. The van der Waals surface area contributed by atoms with Crippen molar-refractivity contribution < 1.29 is 5.11 Å². The van der Waals surface area contributed by atoms with E-state index < -0.39 is 5.60 Å². The van der Waals surface area contributed by atoms with Crippen molar-refractivity contribution in [3.8, 4) is 0 Å². The van der Waals surface area contributed by atoms with E-state index in [1.54, 1.807) is 0 Å². The minimum Gasteiger partial charge on any atom is -0.389 e. The number of nitrogens with zero attached hydrogens (tertiary/aromatic N) is 1. The molecule has 0 aromatic carbocycles. The van der Waals surface area contributed by atoms with Gasteiger partial charge < -0.3 is 5.11 Å². The zero-order valence-corrected chi connectivity index (χ0v) is 11.9. The average molecular weight is 253 g/mol. The Morgan fingerprint density at radius 2 is 2.18 bits per heavy atom. The fraction of sp³-hybridized carbons (Fsp3) is 0.714. The van der Waals surface area contributed by atoms with Gasteiger partial charge in [-0.25, -0.2) is 0 Å². The van der Waals surface area contributed by atoms with Crippen molar-refractivity contribution in [3.63, 3.8) is 0 Å². The van der Waals surface area contributed by atoms with Crippen LogP contribution >= 0.6 is 11.3 Å². The van der Waals surface area contributed by atoms with Gasteiger partial charge >= 0.3 is 0 Å². The van der Waals surface area contributed by atoms with Crippen LogP contribution in [-0.4, -0.2) is 28.7 Å². The third-order valence-corrected chi connectivity index (χ3v) is 5.21. The average Bonchev–Trinajstić information content (AvgIpc) is 2.82. The zero-order valence-electron chi connectivity index (χ0n) is 11.1. The van der Waals surface area contributed by atoms with Crippen molar-refractivity contribution in [1.82, 2.24) is 4.90 Å². The SMILES string of the molecule is CCC(O)(CC)CN1CCc2sccc2C1C. The molecular weight excluding hydrogens is 230 g/mol. The van der Waals surface area contributed by atoms with Crippen LogP contribution < -0.4 is 0 Å². The molecule has 17 heavy (non-hydrogen) atoms. The third-order valence-electron chi connectivity index (χ3n) is 4.22. The Bertz CT molecular complexity index is 370. The zero-order chi connectivity index (χ0) is 12.5. The fourth-order valence-corrected chi connectivity index (χ4v) is 3.59. The molecule has 2 rings (SSSR count). The number of hydrogen-bond donors (Lipinski definition) is 1. The topological polar surface area (TPSA) is 23.5 Å². The van der Waals surface area contributed by atoms with E-state index in [1.807, 2.05) is 11.3 Å². The van der Waals surface area contributed by atoms with E-state index in [1.165, 1.54) is 10.4 Å². The van der Waals surface area contributed by atoms with Crippen LogP contribution in [0.1, 0.15) is 50.1 Å². The van der Waals surface area contributed by atoms with Gasteiger partial charge in [0.05, 0.1) is 5.60 Å². The first-order valence-corrected chi connectivity index (χ1v) is 7.50. The maximum atomic E-state index is 10.5. The lowest BCUT2D eigenvalue weighted by Crippen LogP contribution is -2.45. The maximum Gasteiger partial charge on any atom is 0.0769 e. The summed E-state index contributed by atoms with van der Waals surface area (Å²) in [6.45, 7) is 8.30. The molecule has 1 aliphatic heterocycles. The first-order valence-electron chi connectivity index (χ1n) is 6.62. The third kappa shape index (κ3) is 2.56. The van der Waals surface area contributed by atoms with Gasteiger partial charge in [-0.2, -0.15) is 0 Å². The Labute approximate surface area is 108 Å². The second-order valence-corrected chi connectivity index (χ2v) is 6.13. The van der Waals surface area contributed by atoms with E-state index in [9.17, 15) is 5.11 Å². The summed E-state index contributed by atoms with van der Waals surface area (Å²) in [6.07, 6.45) is 2.81. The Morgan fingerprint density at radius 3 is 2.82 bits per heavy atom. The molecule has 0 bridgehead atoms. The Morgan fingerprint density at radius 1 is 1.47 bits per heavy atom. The summed E-state index contributed by atoms with van der Waals surface area (Å²) in [5, 5.41) is 12.6. The van der Waals surface area contributed by atoms with Gasteiger partial charge in [-0.05, 0) is 43.2 Å². The fourth-order valence-electron chi connectivity index (χ4n) is 2.63. The molecule has 1 unspecified atom stereocenters. The molecule has 3 heteroatoms. The number of aliphatic hydroxyl groups is 1. The van der Waals surface area contributed by atoms with Crippen molar-refractivity contribution >= 4 is 11.3 Å². The van der Waals surface area contributed by atoms with Gasteiger partial charge in [-0.1, -0.05) is 13.8 Å². The predicted molar refractivity (Wildman–Crippen MR) is 73.5 cm³/mol. The molecule has 0 saturated heterocycles. The number of rotatable bonds is 4. The van der Waals surface area contributed by atoms with Crippen LogP contribution in [0.5, 0.6) is 0 Å². The summed E-state index contributed by atoms with van der Waals surface area (Å²) in [5.74, 6) is 0. The van der Waals surface area contributed by atoms with Crippen LogP contribution in [0, 0.1) is 0 Å². The van der Waals surface area contributed by atoms with E-state index >= 15 is 0 Å². The van der Waals surface area contributed by atoms with Gasteiger partial charge in [-0.15, -0.1) is 11.3 Å². The molecule has 0 saturated carbocycles. The van der Waals surface area contributed by atoms with E-state index in [2.05, 4.69) is 37.1 Å². The number of hydrogen-bond acceptors (Lipinski definition) is 3. The van der Waals surface area contributed by atoms with Crippen molar-refractivity contribution in [2.75, 3.05) is 13.1 Å². The minimum atomic E-state index is -0.512. The highest BCUT2D eigenvalue weighted by molar-refractivity contribution is 7.10. The molecule has 0 radical (unpaired) electrons. The lowest BCUT2D eigenvalue weighted by molar-refractivity contribution is -0.0152. The molecule has 1 N–H and O–H groups in total. The van der Waals surface area contributed by atoms with Crippen LogP contribution in [0.4, 0.5) is 0 Å². The second kappa shape index (κ2) is 5.09. The lowest BCUT2D eigenvalue weighted by atomic mass is 9.93. The van der Waals surface area contributed by atoms with Gasteiger partial charge in [0.25, 0.3) is 0 Å². The molecule has 0 fully saturated rings. The highest BCUT2D eigenvalue weighted by Crippen LogP contribution is 2.34. The van der Waals surface area contributed by atoms with Gasteiger partial charge in [0.15, 0.2) is 0 Å². The van der Waals surface area contributed by atoms with Gasteiger partial charge in [0.1, 0.15) is 0 Å². The molecule has 2 nitrogen and oxygen atoms in total. The summed E-state index contributed by atoms with van der Waals surface area (Å²) in [4.78, 5) is 3.97. The molecule has 1 aliphatic rings. The summed E-state index contributed by atoms with van der Waals surface area (Å²) >= 11 is 1.87. The standard InChI is InChI=1S/C14H23NOS/c1-4-14(16,5-2)10-15-8-6-13-12(11(15)3)7-9-17-13/h7,9,11,16H,4-6,8,10H2,1-3H3. The van der Waals surface area contributed by atoms with Crippen LogP contribution in [0.15, 0.2) is 11.4 Å². The highest BCUT2D eigenvalue weighted by Gasteiger charge is 2.31. The van der Waals surface area contributed by atoms with Gasteiger partial charge in [0, 0.05) is 24.0 Å².